The van der Waals surface area contributed by atoms with Crippen LogP contribution >= 0.6 is 0 Å². The van der Waals surface area contributed by atoms with Gasteiger partial charge >= 0.3 is 5.97 Å². The van der Waals surface area contributed by atoms with E-state index in [2.05, 4.69) is 11.1 Å². The van der Waals surface area contributed by atoms with Crippen molar-refractivity contribution in [2.75, 3.05) is 17.6 Å². The number of nitrogens with zero attached hydrogens (tertiary/aromatic N) is 2. The fraction of sp³-hybridized carbons (Fsp3) is 0.364. The molecular formula is C22H27N3O4S. The van der Waals surface area contributed by atoms with Gasteiger partial charge in [-0.1, -0.05) is 36.4 Å². The van der Waals surface area contributed by atoms with Gasteiger partial charge in [-0.3, -0.25) is 9.10 Å². The number of rotatable bonds is 2. The molecule has 1 aromatic carbocycles. The number of carbonyl (C=O) groups excluding carboxylic acids is 1. The van der Waals surface area contributed by atoms with E-state index < -0.39 is 21.5 Å². The third-order valence-corrected chi connectivity index (χ3v) is 6.17. The molecule has 4 bridgehead atoms. The number of allylic oxidation sites excluding steroid dienone is 2. The summed E-state index contributed by atoms with van der Waals surface area (Å²) in [6.07, 6.45) is 6.78. The molecule has 2 N–H and O–H groups in total. The highest BCUT2D eigenvalue weighted by Gasteiger charge is 2.30. The van der Waals surface area contributed by atoms with Crippen LogP contribution in [-0.2, 0) is 45.4 Å². The molecule has 1 aliphatic heterocycles. The predicted octanol–water partition coefficient (Wildman–Crippen LogP) is 2.14. The van der Waals surface area contributed by atoms with Gasteiger partial charge < -0.3 is 10.5 Å². The molecule has 0 amide bonds. The minimum Gasteiger partial charge on any atom is -0.459 e. The fourth-order valence-corrected chi connectivity index (χ4v) is 3.69. The van der Waals surface area contributed by atoms with Crippen molar-refractivity contribution in [3.8, 4) is 0 Å². The molecule has 0 saturated carbocycles. The molecule has 0 spiro atoms. The van der Waals surface area contributed by atoms with E-state index in [0.29, 0.717) is 24.1 Å². The number of esters is 1. The van der Waals surface area contributed by atoms with Gasteiger partial charge in [-0.25, -0.2) is 13.4 Å². The molecule has 1 aromatic heterocycles. The molecule has 3 rings (SSSR count). The molecular weight excluding hydrogens is 402 g/mol. The van der Waals surface area contributed by atoms with Crippen molar-refractivity contribution >= 4 is 21.8 Å². The Labute approximate surface area is 177 Å². The Hall–Kier alpha value is -2.71. The minimum absolute atomic E-state index is 0.0184. The molecule has 1 atom stereocenters. The summed E-state index contributed by atoms with van der Waals surface area (Å²) in [5.41, 5.74) is 8.50. The lowest BCUT2D eigenvalue weighted by molar-refractivity contribution is -0.150. The Morgan fingerprint density at radius 1 is 1.10 bits per heavy atom. The molecule has 0 saturated heterocycles. The smallest absolute Gasteiger partial charge is 0.326 e. The summed E-state index contributed by atoms with van der Waals surface area (Å²) in [4.78, 5) is 17.1. The van der Waals surface area contributed by atoms with Gasteiger partial charge in [0, 0.05) is 25.6 Å². The number of benzene rings is 1. The maximum absolute atomic E-state index is 12.7. The number of nitrogens with two attached hydrogens (primary N) is 1. The molecule has 0 fully saturated rings. The van der Waals surface area contributed by atoms with Crippen LogP contribution in [0.3, 0.4) is 0 Å². The number of carbonyl (C=O) groups is 1. The summed E-state index contributed by atoms with van der Waals surface area (Å²) < 4.78 is 30.5. The number of pyridine rings is 1. The lowest BCUT2D eigenvalue weighted by Gasteiger charge is -2.23. The van der Waals surface area contributed by atoms with Crippen LogP contribution in [0.4, 0.5) is 5.82 Å². The van der Waals surface area contributed by atoms with Crippen LogP contribution in [0.25, 0.3) is 0 Å². The molecule has 8 heteroatoms. The van der Waals surface area contributed by atoms with Crippen LogP contribution in [-0.4, -0.2) is 38.2 Å². The topological polar surface area (TPSA) is 103 Å². The van der Waals surface area contributed by atoms with E-state index in [1.165, 1.54) is 7.05 Å². The summed E-state index contributed by atoms with van der Waals surface area (Å²) in [6, 6.07) is 11.4. The largest absolute Gasteiger partial charge is 0.459 e. The number of aromatic nitrogens is 1. The monoisotopic (exact) mass is 429 g/mol. The van der Waals surface area contributed by atoms with Crippen molar-refractivity contribution in [2.45, 2.75) is 38.3 Å². The highest BCUT2D eigenvalue weighted by atomic mass is 32.2. The number of cyclic esters (lactones) is 1. The van der Waals surface area contributed by atoms with Crippen molar-refractivity contribution in [2.24, 2.45) is 5.73 Å². The van der Waals surface area contributed by atoms with E-state index in [4.69, 9.17) is 10.5 Å². The number of anilines is 1. The summed E-state index contributed by atoms with van der Waals surface area (Å²) in [7, 11) is -2.03. The van der Waals surface area contributed by atoms with Crippen LogP contribution in [0, 0.1) is 0 Å². The quantitative estimate of drug-likeness (QED) is 0.580. The highest BCUT2D eigenvalue weighted by Crippen LogP contribution is 2.20. The number of ether oxygens (including phenoxy) is 1. The van der Waals surface area contributed by atoms with Gasteiger partial charge in [0.2, 0.25) is 10.0 Å². The molecule has 2 aromatic rings. The van der Waals surface area contributed by atoms with Gasteiger partial charge in [-0.15, -0.1) is 0 Å². The first-order valence-corrected chi connectivity index (χ1v) is 11.5. The van der Waals surface area contributed by atoms with Gasteiger partial charge in [0.05, 0.1) is 6.26 Å². The number of hydrogen-bond acceptors (Lipinski definition) is 6. The number of fused-ring (bicyclic) bond motifs is 4. The van der Waals surface area contributed by atoms with Crippen LogP contribution in [0.2, 0.25) is 0 Å². The molecule has 7 nitrogen and oxygen atoms in total. The van der Waals surface area contributed by atoms with E-state index >= 15 is 0 Å². The van der Waals surface area contributed by atoms with E-state index in [-0.39, 0.29) is 12.4 Å². The summed E-state index contributed by atoms with van der Waals surface area (Å²) in [5, 5.41) is 0. The summed E-state index contributed by atoms with van der Waals surface area (Å²) in [6.45, 7) is 1.64. The van der Waals surface area contributed by atoms with Crippen molar-refractivity contribution in [3.05, 3.63) is 70.9 Å². The maximum atomic E-state index is 12.7. The molecule has 2 heterocycles. The van der Waals surface area contributed by atoms with Gasteiger partial charge in [-0.05, 0) is 42.2 Å². The van der Waals surface area contributed by atoms with Gasteiger partial charge in [0.25, 0.3) is 0 Å². The predicted molar refractivity (Wildman–Crippen MR) is 117 cm³/mol. The average molecular weight is 430 g/mol. The van der Waals surface area contributed by atoms with Gasteiger partial charge in [-0.2, -0.15) is 0 Å². The lowest BCUT2D eigenvalue weighted by Crippen LogP contribution is -2.48. The number of sulfonamides is 1. The van der Waals surface area contributed by atoms with Crippen LogP contribution < -0.4 is 10.0 Å². The SMILES string of the molecule is CN(c1cc2cc(n1)C/C=C/Cc1cccc(c1)CC(C)(N)C(=O)OC2)S(C)(=O)=O. The van der Waals surface area contributed by atoms with Crippen LogP contribution in [0.1, 0.15) is 29.3 Å². The fourth-order valence-electron chi connectivity index (χ4n) is 3.25. The summed E-state index contributed by atoms with van der Waals surface area (Å²) in [5.74, 6) is -0.238. The molecule has 0 radical (unpaired) electrons. The Kier molecular flexibility index (Phi) is 6.28. The third-order valence-electron chi connectivity index (χ3n) is 4.99. The van der Waals surface area contributed by atoms with Crippen molar-refractivity contribution in [1.82, 2.24) is 4.98 Å². The normalized spacial score (nSPS) is 21.1. The van der Waals surface area contributed by atoms with Crippen molar-refractivity contribution < 1.29 is 17.9 Å². The van der Waals surface area contributed by atoms with Gasteiger partial charge in [0.15, 0.2) is 0 Å². The molecule has 30 heavy (non-hydrogen) atoms. The van der Waals surface area contributed by atoms with Crippen molar-refractivity contribution in [1.29, 1.82) is 0 Å². The van der Waals surface area contributed by atoms with Crippen LogP contribution in [0.15, 0.2) is 48.6 Å². The second-order valence-corrected chi connectivity index (χ2v) is 9.94. The Balaban J connectivity index is 1.99. The first kappa shape index (κ1) is 22.0. The number of hydrogen-bond donors (Lipinski definition) is 1. The highest BCUT2D eigenvalue weighted by molar-refractivity contribution is 7.92. The average Bonchev–Trinajstić information content (AvgIpc) is 2.67. The second kappa shape index (κ2) is 8.57. The summed E-state index contributed by atoms with van der Waals surface area (Å²) >= 11 is 0. The first-order valence-electron chi connectivity index (χ1n) is 9.67. The lowest BCUT2D eigenvalue weighted by atomic mass is 9.93. The van der Waals surface area contributed by atoms with Crippen LogP contribution in [0.5, 0.6) is 0 Å². The molecule has 160 valence electrons. The zero-order valence-electron chi connectivity index (χ0n) is 17.5. The molecule has 1 unspecified atom stereocenters. The second-order valence-electron chi connectivity index (χ2n) is 7.93. The Bertz CT molecular complexity index is 1080. The van der Waals surface area contributed by atoms with Crippen molar-refractivity contribution in [3.63, 3.8) is 0 Å². The maximum Gasteiger partial charge on any atom is 0.326 e. The Morgan fingerprint density at radius 3 is 2.53 bits per heavy atom. The van der Waals surface area contributed by atoms with E-state index in [0.717, 1.165) is 28.1 Å². The van der Waals surface area contributed by atoms with E-state index in [9.17, 15) is 13.2 Å². The first-order chi connectivity index (χ1) is 14.0. The Morgan fingerprint density at radius 2 is 1.80 bits per heavy atom. The van der Waals surface area contributed by atoms with E-state index in [1.54, 1.807) is 13.0 Å². The molecule has 0 aliphatic carbocycles. The molecule has 1 aliphatic rings. The van der Waals surface area contributed by atoms with Gasteiger partial charge in [0.1, 0.15) is 18.0 Å². The zero-order chi connectivity index (χ0) is 21.9. The third kappa shape index (κ3) is 5.46. The minimum atomic E-state index is -3.47. The zero-order valence-corrected chi connectivity index (χ0v) is 18.3. The standard InChI is InChI=1S/C22H27N3O4S/c1-22(23)14-17-9-6-8-16(11-17)7-4-5-10-19-12-18(15-29-21(22)26)13-20(24-19)25(2)30(3,27)28/h4-6,8-9,11-13H,7,10,14-15,23H2,1-3H3/b5-4+. The van der Waals surface area contributed by atoms with E-state index in [1.807, 2.05) is 36.4 Å².